The van der Waals surface area contributed by atoms with Crippen molar-refractivity contribution in [3.05, 3.63) is 70.3 Å². The number of hydrogen-bond acceptors (Lipinski definition) is 5. The molecule has 0 saturated carbocycles. The van der Waals surface area contributed by atoms with E-state index in [0.717, 1.165) is 52.8 Å². The number of rotatable bonds is 3. The first kappa shape index (κ1) is 19.3. The zero-order chi connectivity index (χ0) is 20.7. The maximum atomic E-state index is 6.09. The van der Waals surface area contributed by atoms with Crippen LogP contribution in [0.25, 0.3) is 21.3 Å². The molecule has 0 unspecified atom stereocenters. The van der Waals surface area contributed by atoms with Gasteiger partial charge in [-0.1, -0.05) is 35.9 Å². The largest absolute Gasteiger partial charge is 0.368 e. The fourth-order valence-electron chi connectivity index (χ4n) is 4.18. The lowest BCUT2D eigenvalue weighted by molar-refractivity contribution is 0.647. The minimum Gasteiger partial charge on any atom is -0.368 e. The molecule has 4 aromatic rings. The lowest BCUT2D eigenvalue weighted by atomic mass is 10.1. The first-order valence-corrected chi connectivity index (χ1v) is 11.4. The second kappa shape index (κ2) is 7.89. The van der Waals surface area contributed by atoms with Gasteiger partial charge >= 0.3 is 0 Å². The molecule has 1 aliphatic rings. The first-order valence-electron chi connectivity index (χ1n) is 10.2. The zero-order valence-corrected chi connectivity index (χ0v) is 18.7. The van der Waals surface area contributed by atoms with Crippen molar-refractivity contribution in [3.8, 4) is 11.1 Å². The van der Waals surface area contributed by atoms with E-state index in [1.807, 2.05) is 12.1 Å². The second-order valence-corrected chi connectivity index (χ2v) is 9.02. The van der Waals surface area contributed by atoms with Gasteiger partial charge in [0.1, 0.15) is 17.0 Å². The Morgan fingerprint density at radius 2 is 1.63 bits per heavy atom. The van der Waals surface area contributed by atoms with Crippen molar-refractivity contribution in [2.45, 2.75) is 13.8 Å². The fraction of sp³-hybridized carbons (Fsp3) is 0.250. The molecule has 5 rings (SSSR count). The molecule has 0 aliphatic carbocycles. The summed E-state index contributed by atoms with van der Waals surface area (Å²) in [4.78, 5) is 15.2. The Kier molecular flexibility index (Phi) is 5.09. The van der Waals surface area contributed by atoms with E-state index in [9.17, 15) is 0 Å². The Hall–Kier alpha value is -2.63. The molecule has 1 fully saturated rings. The van der Waals surface area contributed by atoms with Gasteiger partial charge in [0.05, 0.1) is 5.39 Å². The molecular formula is C24H23ClN4S. The van der Waals surface area contributed by atoms with E-state index in [0.29, 0.717) is 0 Å². The number of benzene rings is 2. The summed E-state index contributed by atoms with van der Waals surface area (Å²) in [5.74, 6) is 1.03. The predicted molar refractivity (Wildman–Crippen MR) is 128 cm³/mol. The summed E-state index contributed by atoms with van der Waals surface area (Å²) in [6, 6.07) is 14.6. The van der Waals surface area contributed by atoms with Gasteiger partial charge in [-0.3, -0.25) is 0 Å². The minimum absolute atomic E-state index is 0.748. The van der Waals surface area contributed by atoms with Crippen LogP contribution in [0.3, 0.4) is 0 Å². The standard InChI is InChI=1S/C24H23ClN4S/c1-16-4-3-5-21(17(16)2)28-10-12-29(13-11-28)23-22-20(14-30-24(22)27-15-26-23)18-6-8-19(25)9-7-18/h3-9,14-15H,10-13H2,1-2H3. The molecule has 152 valence electrons. The van der Waals surface area contributed by atoms with Crippen molar-refractivity contribution in [3.63, 3.8) is 0 Å². The monoisotopic (exact) mass is 434 g/mol. The molecule has 1 aliphatic heterocycles. The molecular weight excluding hydrogens is 412 g/mol. The number of aromatic nitrogens is 2. The summed E-state index contributed by atoms with van der Waals surface area (Å²) in [5.41, 5.74) is 6.39. The van der Waals surface area contributed by atoms with Gasteiger partial charge in [-0.05, 0) is 48.7 Å². The van der Waals surface area contributed by atoms with E-state index in [4.69, 9.17) is 16.6 Å². The highest BCUT2D eigenvalue weighted by molar-refractivity contribution is 7.17. The summed E-state index contributed by atoms with van der Waals surface area (Å²) in [6.45, 7) is 8.24. The first-order chi connectivity index (χ1) is 14.6. The van der Waals surface area contributed by atoms with Gasteiger partial charge in [-0.25, -0.2) is 9.97 Å². The number of anilines is 2. The van der Waals surface area contributed by atoms with Crippen LogP contribution in [0.15, 0.2) is 54.2 Å². The second-order valence-electron chi connectivity index (χ2n) is 7.73. The molecule has 0 atom stereocenters. The van der Waals surface area contributed by atoms with Crippen LogP contribution in [0.5, 0.6) is 0 Å². The van der Waals surface area contributed by atoms with Crippen molar-refractivity contribution >= 4 is 44.7 Å². The van der Waals surface area contributed by atoms with Crippen molar-refractivity contribution in [1.29, 1.82) is 0 Å². The normalized spacial score (nSPS) is 14.5. The van der Waals surface area contributed by atoms with Gasteiger partial charge < -0.3 is 9.80 Å². The summed E-state index contributed by atoms with van der Waals surface area (Å²) in [6.07, 6.45) is 1.69. The maximum Gasteiger partial charge on any atom is 0.141 e. The van der Waals surface area contributed by atoms with Crippen LogP contribution in [0, 0.1) is 13.8 Å². The number of piperazine rings is 1. The number of halogens is 1. The molecule has 1 saturated heterocycles. The van der Waals surface area contributed by atoms with Crippen molar-refractivity contribution in [2.24, 2.45) is 0 Å². The third-order valence-corrected chi connectivity index (χ3v) is 7.14. The van der Waals surface area contributed by atoms with Gasteiger partial charge in [-0.15, -0.1) is 11.3 Å². The Morgan fingerprint density at radius 1 is 0.900 bits per heavy atom. The zero-order valence-electron chi connectivity index (χ0n) is 17.1. The molecule has 3 heterocycles. The Bertz CT molecular complexity index is 1190. The van der Waals surface area contributed by atoms with Gasteiger partial charge in [0.15, 0.2) is 0 Å². The highest BCUT2D eigenvalue weighted by Gasteiger charge is 2.23. The average molecular weight is 435 g/mol. The van der Waals surface area contributed by atoms with Crippen LogP contribution < -0.4 is 9.80 Å². The van der Waals surface area contributed by atoms with Crippen LogP contribution in [-0.4, -0.2) is 36.1 Å². The van der Waals surface area contributed by atoms with Crippen LogP contribution in [0.2, 0.25) is 5.02 Å². The van der Waals surface area contributed by atoms with Gasteiger partial charge in [-0.2, -0.15) is 0 Å². The summed E-state index contributed by atoms with van der Waals surface area (Å²) >= 11 is 7.77. The van der Waals surface area contributed by atoms with Crippen LogP contribution >= 0.6 is 22.9 Å². The summed E-state index contributed by atoms with van der Waals surface area (Å²) in [7, 11) is 0. The molecule has 0 bridgehead atoms. The molecule has 0 radical (unpaired) electrons. The smallest absolute Gasteiger partial charge is 0.141 e. The number of aryl methyl sites for hydroxylation is 1. The molecule has 0 N–H and O–H groups in total. The van der Waals surface area contributed by atoms with Crippen LogP contribution in [0.4, 0.5) is 11.5 Å². The molecule has 4 nitrogen and oxygen atoms in total. The third-order valence-electron chi connectivity index (χ3n) is 6.00. The van der Waals surface area contributed by atoms with Crippen LogP contribution in [0.1, 0.15) is 11.1 Å². The van der Waals surface area contributed by atoms with Crippen LogP contribution in [-0.2, 0) is 0 Å². The third kappa shape index (κ3) is 3.42. The number of nitrogens with zero attached hydrogens (tertiary/aromatic N) is 4. The average Bonchev–Trinajstić information content (AvgIpc) is 3.21. The highest BCUT2D eigenvalue weighted by Crippen LogP contribution is 2.38. The lowest BCUT2D eigenvalue weighted by Crippen LogP contribution is -2.47. The maximum absolute atomic E-state index is 6.09. The number of hydrogen-bond donors (Lipinski definition) is 0. The van der Waals surface area contributed by atoms with E-state index in [1.54, 1.807) is 17.7 Å². The SMILES string of the molecule is Cc1cccc(N2CCN(c3ncnc4scc(-c5ccc(Cl)cc5)c34)CC2)c1C. The Labute approximate surface area is 185 Å². The quantitative estimate of drug-likeness (QED) is 0.398. The lowest BCUT2D eigenvalue weighted by Gasteiger charge is -2.37. The van der Waals surface area contributed by atoms with Crippen molar-refractivity contribution in [2.75, 3.05) is 36.0 Å². The predicted octanol–water partition coefficient (Wildman–Crippen LogP) is 5.96. The molecule has 2 aromatic carbocycles. The van der Waals surface area contributed by atoms with Gasteiger partial charge in [0.2, 0.25) is 0 Å². The van der Waals surface area contributed by atoms with Gasteiger partial charge in [0, 0.05) is 47.8 Å². The topological polar surface area (TPSA) is 32.3 Å². The van der Waals surface area contributed by atoms with E-state index in [2.05, 4.69) is 64.3 Å². The molecule has 6 heteroatoms. The van der Waals surface area contributed by atoms with E-state index >= 15 is 0 Å². The van der Waals surface area contributed by atoms with Crippen molar-refractivity contribution < 1.29 is 0 Å². The molecule has 2 aromatic heterocycles. The summed E-state index contributed by atoms with van der Waals surface area (Å²) in [5, 5.41) is 4.07. The number of thiophene rings is 1. The number of fused-ring (bicyclic) bond motifs is 1. The van der Waals surface area contributed by atoms with E-state index < -0.39 is 0 Å². The highest BCUT2D eigenvalue weighted by atomic mass is 35.5. The molecule has 0 amide bonds. The Morgan fingerprint density at radius 3 is 2.40 bits per heavy atom. The fourth-order valence-corrected chi connectivity index (χ4v) is 5.21. The molecule has 0 spiro atoms. The molecule has 30 heavy (non-hydrogen) atoms. The van der Waals surface area contributed by atoms with Crippen molar-refractivity contribution in [1.82, 2.24) is 9.97 Å². The van der Waals surface area contributed by atoms with E-state index in [-0.39, 0.29) is 0 Å². The minimum atomic E-state index is 0.748. The Balaban J connectivity index is 1.45. The van der Waals surface area contributed by atoms with Gasteiger partial charge in [0.25, 0.3) is 0 Å². The van der Waals surface area contributed by atoms with E-state index in [1.165, 1.54) is 22.4 Å². The summed E-state index contributed by atoms with van der Waals surface area (Å²) < 4.78 is 0.